The number of ether oxygens (including phenoxy) is 3. The second kappa shape index (κ2) is 11.8. The maximum Gasteiger partial charge on any atom is 0.338 e. The van der Waals surface area contributed by atoms with Gasteiger partial charge in [-0.25, -0.2) is 4.79 Å². The molecular formula is C22H27NO5. The maximum atomic E-state index is 12.0. The number of esters is 1. The van der Waals surface area contributed by atoms with E-state index in [2.05, 4.69) is 5.32 Å². The first-order valence-electron chi connectivity index (χ1n) is 9.43. The Hall–Kier alpha value is -2.86. The van der Waals surface area contributed by atoms with E-state index >= 15 is 0 Å². The topological polar surface area (TPSA) is 73.9 Å². The van der Waals surface area contributed by atoms with Crippen molar-refractivity contribution in [3.8, 4) is 5.75 Å². The van der Waals surface area contributed by atoms with Gasteiger partial charge < -0.3 is 19.5 Å². The van der Waals surface area contributed by atoms with Crippen molar-refractivity contribution in [3.63, 3.8) is 0 Å². The molecule has 0 fully saturated rings. The van der Waals surface area contributed by atoms with Crippen molar-refractivity contribution in [1.82, 2.24) is 0 Å². The fourth-order valence-corrected chi connectivity index (χ4v) is 2.47. The monoisotopic (exact) mass is 385 g/mol. The van der Waals surface area contributed by atoms with Crippen LogP contribution < -0.4 is 10.1 Å². The number of rotatable bonds is 11. The molecule has 0 radical (unpaired) electrons. The Labute approximate surface area is 165 Å². The third-order valence-electron chi connectivity index (χ3n) is 3.97. The van der Waals surface area contributed by atoms with Crippen molar-refractivity contribution in [2.24, 2.45) is 0 Å². The molecule has 0 spiro atoms. The highest BCUT2D eigenvalue weighted by Gasteiger charge is 2.08. The summed E-state index contributed by atoms with van der Waals surface area (Å²) in [5, 5.41) is 2.81. The molecule has 0 bridgehead atoms. The van der Waals surface area contributed by atoms with Crippen LogP contribution in [0.25, 0.3) is 0 Å². The summed E-state index contributed by atoms with van der Waals surface area (Å²) in [5.41, 5.74) is 2.14. The molecule has 0 heterocycles. The van der Waals surface area contributed by atoms with E-state index < -0.39 is 5.97 Å². The Morgan fingerprint density at radius 2 is 1.71 bits per heavy atom. The van der Waals surface area contributed by atoms with E-state index in [9.17, 15) is 9.59 Å². The first kappa shape index (κ1) is 21.4. The molecule has 2 rings (SSSR count). The largest absolute Gasteiger partial charge is 0.493 e. The van der Waals surface area contributed by atoms with Crippen molar-refractivity contribution < 1.29 is 23.8 Å². The van der Waals surface area contributed by atoms with Gasteiger partial charge in [0.05, 0.1) is 18.8 Å². The van der Waals surface area contributed by atoms with Gasteiger partial charge in [-0.3, -0.25) is 4.79 Å². The lowest BCUT2D eigenvalue weighted by atomic mass is 10.2. The van der Waals surface area contributed by atoms with Crippen molar-refractivity contribution in [1.29, 1.82) is 0 Å². The predicted octanol–water partition coefficient (Wildman–Crippen LogP) is 3.99. The second-order valence-electron chi connectivity index (χ2n) is 6.18. The maximum absolute atomic E-state index is 12.0. The zero-order valence-corrected chi connectivity index (χ0v) is 16.4. The second-order valence-corrected chi connectivity index (χ2v) is 6.18. The lowest BCUT2D eigenvalue weighted by molar-refractivity contribution is -0.116. The third kappa shape index (κ3) is 7.40. The van der Waals surface area contributed by atoms with E-state index in [1.54, 1.807) is 24.3 Å². The molecule has 6 heteroatoms. The smallest absolute Gasteiger partial charge is 0.338 e. The van der Waals surface area contributed by atoms with Crippen LogP contribution in [-0.2, 0) is 14.3 Å². The molecule has 0 aliphatic rings. The molecule has 0 atom stereocenters. The number of amides is 1. The summed E-state index contributed by atoms with van der Waals surface area (Å²) >= 11 is 0. The van der Waals surface area contributed by atoms with Gasteiger partial charge in [0.25, 0.3) is 0 Å². The van der Waals surface area contributed by atoms with Crippen molar-refractivity contribution in [2.45, 2.75) is 26.7 Å². The minimum absolute atomic E-state index is 0.0968. The zero-order chi connectivity index (χ0) is 20.2. The fourth-order valence-electron chi connectivity index (χ4n) is 2.47. The van der Waals surface area contributed by atoms with Gasteiger partial charge in [-0.2, -0.15) is 0 Å². The molecular weight excluding hydrogens is 358 g/mol. The summed E-state index contributed by atoms with van der Waals surface area (Å²) < 4.78 is 15.9. The average molecular weight is 385 g/mol. The Kier molecular flexibility index (Phi) is 9.01. The van der Waals surface area contributed by atoms with E-state index in [0.717, 1.165) is 11.3 Å². The number of para-hydroxylation sites is 1. The first-order valence-corrected chi connectivity index (χ1v) is 9.43. The minimum Gasteiger partial charge on any atom is -0.493 e. The molecule has 28 heavy (non-hydrogen) atoms. The number of nitrogens with one attached hydrogen (secondary N) is 1. The van der Waals surface area contributed by atoms with E-state index in [-0.39, 0.29) is 12.5 Å². The summed E-state index contributed by atoms with van der Waals surface area (Å²) in [6, 6.07) is 14.4. The molecule has 0 aromatic heterocycles. The Morgan fingerprint density at radius 3 is 2.43 bits per heavy atom. The van der Waals surface area contributed by atoms with E-state index in [1.807, 2.05) is 38.1 Å². The average Bonchev–Trinajstić information content (AvgIpc) is 2.70. The van der Waals surface area contributed by atoms with Gasteiger partial charge in [0.15, 0.2) is 0 Å². The number of aryl methyl sites for hydroxylation is 1. The van der Waals surface area contributed by atoms with Gasteiger partial charge in [-0.15, -0.1) is 0 Å². The van der Waals surface area contributed by atoms with E-state index in [1.165, 1.54) is 0 Å². The third-order valence-corrected chi connectivity index (χ3v) is 3.97. The molecule has 6 nitrogen and oxygen atoms in total. The molecule has 1 N–H and O–H groups in total. The summed E-state index contributed by atoms with van der Waals surface area (Å²) in [4.78, 5) is 23.9. The predicted molar refractivity (Wildman–Crippen MR) is 108 cm³/mol. The fraction of sp³-hybridized carbons (Fsp3) is 0.364. The summed E-state index contributed by atoms with van der Waals surface area (Å²) in [6.45, 7) is 5.53. The molecule has 0 saturated carbocycles. The van der Waals surface area contributed by atoms with Crippen LogP contribution in [0.15, 0.2) is 48.5 Å². The highest BCUT2D eigenvalue weighted by atomic mass is 16.6. The summed E-state index contributed by atoms with van der Waals surface area (Å²) in [7, 11) is 0. The van der Waals surface area contributed by atoms with Gasteiger partial charge in [0.1, 0.15) is 12.4 Å². The van der Waals surface area contributed by atoms with Gasteiger partial charge in [-0.1, -0.05) is 18.2 Å². The van der Waals surface area contributed by atoms with Crippen LogP contribution in [0.1, 0.15) is 35.7 Å². The summed E-state index contributed by atoms with van der Waals surface area (Å²) in [5.74, 6) is 0.331. The number of anilines is 1. The number of hydrogen-bond acceptors (Lipinski definition) is 5. The number of benzene rings is 2. The highest BCUT2D eigenvalue weighted by Crippen LogP contribution is 2.16. The first-order chi connectivity index (χ1) is 13.6. The lowest BCUT2D eigenvalue weighted by Crippen LogP contribution is -2.13. The molecule has 2 aromatic rings. The molecule has 1 amide bonds. The van der Waals surface area contributed by atoms with Crippen molar-refractivity contribution >= 4 is 17.6 Å². The molecule has 0 aliphatic heterocycles. The Morgan fingerprint density at radius 1 is 0.964 bits per heavy atom. The Bertz CT molecular complexity index is 758. The van der Waals surface area contributed by atoms with Crippen LogP contribution in [0.5, 0.6) is 5.75 Å². The van der Waals surface area contributed by atoms with Crippen LogP contribution in [0.2, 0.25) is 0 Å². The highest BCUT2D eigenvalue weighted by molar-refractivity contribution is 5.93. The normalized spacial score (nSPS) is 10.4. The van der Waals surface area contributed by atoms with E-state index in [4.69, 9.17) is 14.2 Å². The number of carbonyl (C=O) groups is 2. The molecule has 150 valence electrons. The molecule has 0 unspecified atom stereocenters. The van der Waals surface area contributed by atoms with Crippen LogP contribution in [0, 0.1) is 6.92 Å². The van der Waals surface area contributed by atoms with Gasteiger partial charge in [0, 0.05) is 18.7 Å². The van der Waals surface area contributed by atoms with E-state index in [0.29, 0.717) is 43.9 Å². The van der Waals surface area contributed by atoms with Crippen LogP contribution in [0.4, 0.5) is 5.69 Å². The number of carbonyl (C=O) groups excluding carboxylic acids is 2. The summed E-state index contributed by atoms with van der Waals surface area (Å²) in [6.07, 6.45) is 0.970. The standard InChI is InChI=1S/C22H27NO5/c1-3-26-15-16-28-22(25)18-10-12-19(13-11-18)23-21(24)9-6-14-27-20-8-5-4-7-17(20)2/h4-5,7-8,10-13H,3,6,9,14-16H2,1-2H3,(H,23,24). The zero-order valence-electron chi connectivity index (χ0n) is 16.4. The molecule has 0 aliphatic carbocycles. The van der Waals surface area contributed by atoms with Crippen molar-refractivity contribution in [2.75, 3.05) is 31.7 Å². The SMILES string of the molecule is CCOCCOC(=O)c1ccc(NC(=O)CCCOc2ccccc2C)cc1. The minimum atomic E-state index is -0.411. The molecule has 2 aromatic carbocycles. The van der Waals surface area contributed by atoms with Gasteiger partial charge in [0.2, 0.25) is 5.91 Å². The van der Waals surface area contributed by atoms with Crippen LogP contribution in [-0.4, -0.2) is 38.3 Å². The molecule has 0 saturated heterocycles. The van der Waals surface area contributed by atoms with Gasteiger partial charge in [-0.05, 0) is 56.2 Å². The quantitative estimate of drug-likeness (QED) is 0.468. The lowest BCUT2D eigenvalue weighted by Gasteiger charge is -2.09. The number of hydrogen-bond donors (Lipinski definition) is 1. The van der Waals surface area contributed by atoms with Crippen molar-refractivity contribution in [3.05, 3.63) is 59.7 Å². The van der Waals surface area contributed by atoms with Gasteiger partial charge >= 0.3 is 5.97 Å². The van der Waals surface area contributed by atoms with Crippen LogP contribution >= 0.6 is 0 Å². The van der Waals surface area contributed by atoms with Crippen LogP contribution in [0.3, 0.4) is 0 Å². The Balaban J connectivity index is 1.69.